The van der Waals surface area contributed by atoms with Gasteiger partial charge in [-0.2, -0.15) is 0 Å². The van der Waals surface area contributed by atoms with Crippen LogP contribution in [0, 0.1) is 0 Å². The lowest BCUT2D eigenvalue weighted by molar-refractivity contribution is -0.136. The average Bonchev–Trinajstić information content (AvgIpc) is 3.91. The van der Waals surface area contributed by atoms with Gasteiger partial charge in [0.15, 0.2) is 0 Å². The quantitative estimate of drug-likeness (QED) is 0.157. The van der Waals surface area contributed by atoms with Gasteiger partial charge < -0.3 is 29.7 Å². The number of aryl methyl sites for hydroxylation is 2. The van der Waals surface area contributed by atoms with E-state index in [4.69, 9.17) is 4.11 Å². The second-order valence-electron chi connectivity index (χ2n) is 19.4. The molecule has 5 aromatic rings. The highest BCUT2D eigenvalue weighted by atomic mass is 32.1. The normalized spacial score (nSPS) is 23.8. The molecular formula is C52H58N10O6S. The number of benzene rings is 1. The van der Waals surface area contributed by atoms with Crippen LogP contribution in [0.1, 0.15) is 104 Å². The molecule has 69 heavy (non-hydrogen) atoms. The van der Waals surface area contributed by atoms with Gasteiger partial charge in [-0.15, -0.1) is 11.3 Å². The molecule has 1 aromatic carbocycles. The van der Waals surface area contributed by atoms with E-state index in [0.717, 1.165) is 92.1 Å². The molecule has 4 amide bonds. The second kappa shape index (κ2) is 18.1. The first-order valence-electron chi connectivity index (χ1n) is 25.7. The number of amides is 4. The van der Waals surface area contributed by atoms with Crippen molar-refractivity contribution in [3.8, 4) is 11.1 Å². The molecule has 17 heteroatoms. The number of nitrogens with zero attached hydrogens (tertiary/aromatic N) is 8. The van der Waals surface area contributed by atoms with E-state index >= 15 is 0 Å². The number of imide groups is 1. The lowest BCUT2D eigenvalue weighted by Crippen LogP contribution is -2.58. The van der Waals surface area contributed by atoms with Gasteiger partial charge in [0, 0.05) is 115 Å². The van der Waals surface area contributed by atoms with Gasteiger partial charge >= 0.3 is 0 Å². The predicted octanol–water partition coefficient (Wildman–Crippen LogP) is 5.55. The van der Waals surface area contributed by atoms with Crippen LogP contribution in [0.5, 0.6) is 0 Å². The lowest BCUT2D eigenvalue weighted by Gasteiger charge is -2.48. The number of pyridine rings is 3. The zero-order valence-electron chi connectivity index (χ0n) is 41.9. The number of piperidine rings is 2. The van der Waals surface area contributed by atoms with Crippen LogP contribution in [0.4, 0.5) is 28.7 Å². The Balaban J connectivity index is 0.749. The number of rotatable bonds is 9. The number of carbonyl (C=O) groups excluding carboxylic acids is 4. The number of hydrogen-bond donors (Lipinski definition) is 3. The van der Waals surface area contributed by atoms with E-state index in [2.05, 4.69) is 55.2 Å². The zero-order valence-corrected chi connectivity index (χ0v) is 39.7. The van der Waals surface area contributed by atoms with Crippen molar-refractivity contribution in [3.05, 3.63) is 109 Å². The summed E-state index contributed by atoms with van der Waals surface area (Å²) in [6, 6.07) is 13.1. The summed E-state index contributed by atoms with van der Waals surface area (Å²) in [6.07, 6.45) is 12.0. The van der Waals surface area contributed by atoms with Gasteiger partial charge in [-0.1, -0.05) is 0 Å². The van der Waals surface area contributed by atoms with Crippen molar-refractivity contribution in [1.29, 1.82) is 0 Å². The second-order valence-corrected chi connectivity index (χ2v) is 20.5. The topological polar surface area (TPSA) is 177 Å². The SMILES string of the molecule is [2H]C([2H])([2H])n1cc(-c2ccnc(N3CCc4c(sc5c4CCCC5)C3=O)c2CO)cc(Nc2ccc(N3CCN([C@H]4CCN(c5ccc6c(c5)CN([C@H]5CCC(=O)NC5=O)C6=O)[C@@H](C)C4)C[C@@H]3C)cn2)c1=O. The monoisotopic (exact) mass is 953 g/mol. The molecule has 0 spiro atoms. The molecule has 0 radical (unpaired) electrons. The summed E-state index contributed by atoms with van der Waals surface area (Å²) in [5, 5.41) is 16.3. The lowest BCUT2D eigenvalue weighted by atomic mass is 9.92. The van der Waals surface area contributed by atoms with E-state index in [-0.39, 0.29) is 41.9 Å². The highest BCUT2D eigenvalue weighted by molar-refractivity contribution is 7.14. The van der Waals surface area contributed by atoms with E-state index < -0.39 is 31.1 Å². The third kappa shape index (κ3) is 8.17. The summed E-state index contributed by atoms with van der Waals surface area (Å²) in [4.78, 5) is 87.3. The van der Waals surface area contributed by atoms with Crippen molar-refractivity contribution in [2.45, 2.75) is 109 Å². The number of hydrogen-bond acceptors (Lipinski definition) is 13. The predicted molar refractivity (Wildman–Crippen MR) is 265 cm³/mol. The number of thiophene rings is 1. The third-order valence-electron chi connectivity index (χ3n) is 15.3. The molecule has 0 unspecified atom stereocenters. The molecule has 3 saturated heterocycles. The maximum atomic E-state index is 14.1. The van der Waals surface area contributed by atoms with E-state index in [1.807, 2.05) is 18.2 Å². The Labute approximate surface area is 409 Å². The number of aliphatic hydroxyl groups is 1. The molecule has 9 heterocycles. The smallest absolute Gasteiger partial charge is 0.274 e. The molecule has 16 nitrogen and oxygen atoms in total. The molecule has 4 atom stereocenters. The van der Waals surface area contributed by atoms with Crippen LogP contribution < -0.4 is 30.9 Å². The Hall–Kier alpha value is -6.43. The van der Waals surface area contributed by atoms with Crippen LogP contribution in [-0.4, -0.2) is 110 Å². The fourth-order valence-electron chi connectivity index (χ4n) is 11.7. The first kappa shape index (κ1) is 41.5. The van der Waals surface area contributed by atoms with Crippen LogP contribution in [0.25, 0.3) is 11.1 Å². The molecule has 5 aliphatic heterocycles. The Morgan fingerprint density at radius 3 is 2.46 bits per heavy atom. The number of nitrogens with one attached hydrogen (secondary N) is 2. The third-order valence-corrected chi connectivity index (χ3v) is 16.6. The summed E-state index contributed by atoms with van der Waals surface area (Å²) < 4.78 is 25.5. The van der Waals surface area contributed by atoms with Crippen LogP contribution in [0.15, 0.2) is 65.8 Å². The largest absolute Gasteiger partial charge is 0.392 e. The summed E-state index contributed by atoms with van der Waals surface area (Å²) in [6.45, 7) is 5.31. The van der Waals surface area contributed by atoms with Crippen molar-refractivity contribution >= 4 is 63.7 Å². The Kier molecular flexibility index (Phi) is 10.9. The highest BCUT2D eigenvalue weighted by Gasteiger charge is 2.40. The fraction of sp³-hybridized carbons (Fsp3) is 0.442. The minimum atomic E-state index is -2.82. The minimum Gasteiger partial charge on any atom is -0.392 e. The van der Waals surface area contributed by atoms with Crippen molar-refractivity contribution in [2.75, 3.05) is 52.7 Å². The number of anilines is 5. The molecule has 6 aliphatic rings. The van der Waals surface area contributed by atoms with Gasteiger partial charge in [-0.3, -0.25) is 39.1 Å². The van der Waals surface area contributed by atoms with Crippen LogP contribution in [0.2, 0.25) is 0 Å². The maximum Gasteiger partial charge on any atom is 0.274 e. The average molecular weight is 954 g/mol. The van der Waals surface area contributed by atoms with Gasteiger partial charge in [-0.25, -0.2) is 9.97 Å². The molecule has 1 aliphatic carbocycles. The molecular weight excluding hydrogens is 893 g/mol. The maximum absolute atomic E-state index is 14.1. The summed E-state index contributed by atoms with van der Waals surface area (Å²) in [7, 11) is 0. The van der Waals surface area contributed by atoms with Crippen molar-refractivity contribution in [3.63, 3.8) is 0 Å². The van der Waals surface area contributed by atoms with E-state index in [9.17, 15) is 29.1 Å². The number of piperazine rings is 1. The standard InChI is InChI=1S/C52H58N10O6S/c1-30-22-34(15-18-59(30)35-8-10-38-32(23-35)28-62(50(38)66)43-11-13-46(64)56-49(43)65)58-20-21-60(31(2)26-58)36-9-12-45(54-25-36)55-42-24-33(27-57(3)51(42)67)37-14-17-53-48(41(37)29-63)61-19-16-40-39-6-4-5-7-44(39)69-47(40)52(61)68/h8-10,12,14,17,23-25,27,30-31,34,43,63H,4-7,11,13,15-16,18-22,26,28-29H2,1-3H3,(H,54,55)(H,56,64,65)/t30-,31-,34-,43-/m0/s1/i3D3. The van der Waals surface area contributed by atoms with Gasteiger partial charge in [0.2, 0.25) is 11.8 Å². The van der Waals surface area contributed by atoms with Crippen molar-refractivity contribution in [1.82, 2.24) is 29.7 Å². The van der Waals surface area contributed by atoms with E-state index in [1.54, 1.807) is 51.7 Å². The van der Waals surface area contributed by atoms with Crippen molar-refractivity contribution in [2.24, 2.45) is 6.98 Å². The zero-order chi connectivity index (χ0) is 50.2. The van der Waals surface area contributed by atoms with Crippen LogP contribution >= 0.6 is 11.3 Å². The molecule has 4 aromatic heterocycles. The summed E-state index contributed by atoms with van der Waals surface area (Å²) in [5.74, 6) is -0.374. The van der Waals surface area contributed by atoms with Crippen LogP contribution in [0.3, 0.4) is 0 Å². The number of aliphatic hydroxyl groups excluding tert-OH is 1. The van der Waals surface area contributed by atoms with Gasteiger partial charge in [-0.05, 0) is 130 Å². The first-order valence-corrected chi connectivity index (χ1v) is 25.1. The van der Waals surface area contributed by atoms with Crippen molar-refractivity contribution < 1.29 is 28.4 Å². The number of fused-ring (bicyclic) bond motifs is 4. The molecule has 358 valence electrons. The minimum absolute atomic E-state index is 0.0149. The first-order chi connectivity index (χ1) is 34.6. The number of carbonyl (C=O) groups is 4. The summed E-state index contributed by atoms with van der Waals surface area (Å²) in [5.41, 5.74) is 6.33. The summed E-state index contributed by atoms with van der Waals surface area (Å²) >= 11 is 1.57. The Bertz CT molecular complexity index is 3070. The molecule has 11 rings (SSSR count). The van der Waals surface area contributed by atoms with E-state index in [1.165, 1.54) is 16.6 Å². The van der Waals surface area contributed by atoms with E-state index in [0.29, 0.717) is 70.4 Å². The highest BCUT2D eigenvalue weighted by Crippen LogP contribution is 2.41. The Morgan fingerprint density at radius 2 is 1.68 bits per heavy atom. The Morgan fingerprint density at radius 1 is 0.841 bits per heavy atom. The fourth-order valence-corrected chi connectivity index (χ4v) is 13.1. The molecule has 0 bridgehead atoms. The van der Waals surface area contributed by atoms with Gasteiger partial charge in [0.25, 0.3) is 17.4 Å². The van der Waals surface area contributed by atoms with Gasteiger partial charge in [0.1, 0.15) is 23.4 Å². The molecule has 3 fully saturated rings. The van der Waals surface area contributed by atoms with Gasteiger partial charge in [0.05, 0.1) is 23.4 Å². The molecule has 0 saturated carbocycles. The van der Waals surface area contributed by atoms with Crippen LogP contribution in [-0.2, 0) is 49.0 Å². The number of aromatic nitrogens is 3. The molecule has 3 N–H and O–H groups in total.